The Labute approximate surface area is 117 Å². The van der Waals surface area contributed by atoms with E-state index in [1.165, 1.54) is 29.8 Å². The molecule has 19 heavy (non-hydrogen) atoms. The lowest BCUT2D eigenvalue weighted by Crippen LogP contribution is -2.25. The molecule has 106 valence electrons. The Morgan fingerprint density at radius 1 is 1.21 bits per heavy atom. The van der Waals surface area contributed by atoms with Crippen LogP contribution in [0.1, 0.15) is 55.9 Å². The molecular weight excluding hydrogens is 234 g/mol. The third kappa shape index (κ3) is 4.27. The van der Waals surface area contributed by atoms with Crippen LogP contribution in [-0.2, 0) is 12.8 Å². The van der Waals surface area contributed by atoms with Crippen molar-refractivity contribution in [3.05, 3.63) is 22.8 Å². The average molecular weight is 261 g/mol. The van der Waals surface area contributed by atoms with Gasteiger partial charge in [0.25, 0.3) is 0 Å². The standard InChI is InChI=1S/C16H27N3/c1-5-6-16-18-12(3)15(13(4)19-16)9-11(2)10-17-14-7-8-14/h11,14,17H,5-10H2,1-4H3. The smallest absolute Gasteiger partial charge is 0.128 e. The Morgan fingerprint density at radius 2 is 1.84 bits per heavy atom. The van der Waals surface area contributed by atoms with Crippen LogP contribution in [0, 0.1) is 19.8 Å². The summed E-state index contributed by atoms with van der Waals surface area (Å²) in [6.45, 7) is 9.86. The van der Waals surface area contributed by atoms with Crippen molar-refractivity contribution >= 4 is 0 Å². The second-order valence-electron chi connectivity index (χ2n) is 6.03. The second kappa shape index (κ2) is 6.47. The van der Waals surface area contributed by atoms with Gasteiger partial charge in [-0.15, -0.1) is 0 Å². The van der Waals surface area contributed by atoms with Crippen LogP contribution >= 0.6 is 0 Å². The number of hydrogen-bond donors (Lipinski definition) is 1. The first kappa shape index (κ1) is 14.4. The zero-order valence-electron chi connectivity index (χ0n) is 12.8. The van der Waals surface area contributed by atoms with Crippen LogP contribution in [-0.4, -0.2) is 22.6 Å². The predicted octanol–water partition coefficient (Wildman–Crippen LogP) is 2.98. The Balaban J connectivity index is 1.97. The predicted molar refractivity (Wildman–Crippen MR) is 79.4 cm³/mol. The summed E-state index contributed by atoms with van der Waals surface area (Å²) in [4.78, 5) is 9.31. The maximum atomic E-state index is 4.65. The average Bonchev–Trinajstić information content (AvgIpc) is 3.16. The molecule has 1 unspecified atom stereocenters. The van der Waals surface area contributed by atoms with Crippen molar-refractivity contribution in [1.29, 1.82) is 0 Å². The molecule has 1 aliphatic carbocycles. The van der Waals surface area contributed by atoms with E-state index in [2.05, 4.69) is 43.0 Å². The Kier molecular flexibility index (Phi) is 4.92. The van der Waals surface area contributed by atoms with Gasteiger partial charge < -0.3 is 5.32 Å². The molecule has 1 aromatic heterocycles. The second-order valence-corrected chi connectivity index (χ2v) is 6.03. The quantitative estimate of drug-likeness (QED) is 0.820. The number of nitrogens with zero attached hydrogens (tertiary/aromatic N) is 2. The van der Waals surface area contributed by atoms with E-state index in [0.717, 1.165) is 37.7 Å². The van der Waals surface area contributed by atoms with Crippen molar-refractivity contribution in [2.45, 2.75) is 65.8 Å². The van der Waals surface area contributed by atoms with Gasteiger partial charge in [0.2, 0.25) is 0 Å². The lowest BCUT2D eigenvalue weighted by atomic mass is 9.98. The number of rotatable bonds is 7. The summed E-state index contributed by atoms with van der Waals surface area (Å²) in [5.74, 6) is 1.66. The molecule has 0 saturated heterocycles. The summed E-state index contributed by atoms with van der Waals surface area (Å²) in [6.07, 6.45) is 5.91. The van der Waals surface area contributed by atoms with E-state index in [1.807, 2.05) is 0 Å². The molecular formula is C16H27N3. The summed E-state index contributed by atoms with van der Waals surface area (Å²) < 4.78 is 0. The van der Waals surface area contributed by atoms with Gasteiger partial charge in [0, 0.05) is 23.9 Å². The molecule has 0 aromatic carbocycles. The Hall–Kier alpha value is -0.960. The van der Waals surface area contributed by atoms with Crippen molar-refractivity contribution < 1.29 is 0 Å². The van der Waals surface area contributed by atoms with E-state index in [-0.39, 0.29) is 0 Å². The van der Waals surface area contributed by atoms with Crippen LogP contribution in [0.4, 0.5) is 0 Å². The minimum Gasteiger partial charge on any atom is -0.314 e. The van der Waals surface area contributed by atoms with E-state index < -0.39 is 0 Å². The van der Waals surface area contributed by atoms with Crippen LogP contribution in [0.3, 0.4) is 0 Å². The van der Waals surface area contributed by atoms with E-state index >= 15 is 0 Å². The van der Waals surface area contributed by atoms with E-state index in [1.54, 1.807) is 0 Å². The highest BCUT2D eigenvalue weighted by molar-refractivity contribution is 5.25. The molecule has 1 atom stereocenters. The lowest BCUT2D eigenvalue weighted by molar-refractivity contribution is 0.505. The fourth-order valence-corrected chi connectivity index (χ4v) is 2.52. The summed E-state index contributed by atoms with van der Waals surface area (Å²) in [5, 5.41) is 3.61. The van der Waals surface area contributed by atoms with Crippen LogP contribution < -0.4 is 5.32 Å². The molecule has 1 aromatic rings. The molecule has 3 heteroatoms. The topological polar surface area (TPSA) is 37.8 Å². The monoisotopic (exact) mass is 261 g/mol. The molecule has 0 amide bonds. The number of hydrogen-bond acceptors (Lipinski definition) is 3. The molecule has 1 fully saturated rings. The van der Waals surface area contributed by atoms with E-state index in [4.69, 9.17) is 0 Å². The van der Waals surface area contributed by atoms with Crippen molar-refractivity contribution in [1.82, 2.24) is 15.3 Å². The molecule has 0 spiro atoms. The van der Waals surface area contributed by atoms with Gasteiger partial charge in [-0.1, -0.05) is 13.8 Å². The summed E-state index contributed by atoms with van der Waals surface area (Å²) in [5.41, 5.74) is 3.70. The summed E-state index contributed by atoms with van der Waals surface area (Å²) >= 11 is 0. The highest BCUT2D eigenvalue weighted by Crippen LogP contribution is 2.20. The number of nitrogens with one attached hydrogen (secondary N) is 1. The Morgan fingerprint density at radius 3 is 2.37 bits per heavy atom. The van der Waals surface area contributed by atoms with Crippen molar-refractivity contribution in [3.8, 4) is 0 Å². The van der Waals surface area contributed by atoms with Gasteiger partial charge in [0.15, 0.2) is 0 Å². The molecule has 0 aliphatic heterocycles. The number of aromatic nitrogens is 2. The fraction of sp³-hybridized carbons (Fsp3) is 0.750. The molecule has 1 aliphatic rings. The first-order valence-electron chi connectivity index (χ1n) is 7.66. The SMILES string of the molecule is CCCc1nc(C)c(CC(C)CNC2CC2)c(C)n1. The molecule has 1 saturated carbocycles. The zero-order valence-corrected chi connectivity index (χ0v) is 12.8. The highest BCUT2D eigenvalue weighted by atomic mass is 14.9. The largest absolute Gasteiger partial charge is 0.314 e. The minimum atomic E-state index is 0.652. The Bertz CT molecular complexity index is 401. The fourth-order valence-electron chi connectivity index (χ4n) is 2.52. The van der Waals surface area contributed by atoms with Crippen LogP contribution in [0.25, 0.3) is 0 Å². The maximum Gasteiger partial charge on any atom is 0.128 e. The zero-order chi connectivity index (χ0) is 13.8. The molecule has 0 radical (unpaired) electrons. The third-order valence-electron chi connectivity index (χ3n) is 3.83. The van der Waals surface area contributed by atoms with Gasteiger partial charge in [0.1, 0.15) is 5.82 Å². The van der Waals surface area contributed by atoms with Gasteiger partial charge in [-0.25, -0.2) is 9.97 Å². The van der Waals surface area contributed by atoms with Crippen LogP contribution in [0.5, 0.6) is 0 Å². The van der Waals surface area contributed by atoms with Crippen molar-refractivity contribution in [2.24, 2.45) is 5.92 Å². The minimum absolute atomic E-state index is 0.652. The maximum absolute atomic E-state index is 4.65. The van der Waals surface area contributed by atoms with Gasteiger partial charge in [-0.3, -0.25) is 0 Å². The molecule has 1 heterocycles. The molecule has 1 N–H and O–H groups in total. The van der Waals surface area contributed by atoms with Crippen LogP contribution in [0.15, 0.2) is 0 Å². The van der Waals surface area contributed by atoms with Crippen LogP contribution in [0.2, 0.25) is 0 Å². The molecule has 3 nitrogen and oxygen atoms in total. The molecule has 0 bridgehead atoms. The van der Waals surface area contributed by atoms with Gasteiger partial charge in [-0.2, -0.15) is 0 Å². The van der Waals surface area contributed by atoms with Gasteiger partial charge in [0.05, 0.1) is 0 Å². The summed E-state index contributed by atoms with van der Waals surface area (Å²) in [6, 6.07) is 0.799. The molecule has 2 rings (SSSR count). The van der Waals surface area contributed by atoms with Gasteiger partial charge in [-0.05, 0) is 57.6 Å². The van der Waals surface area contributed by atoms with Crippen molar-refractivity contribution in [3.63, 3.8) is 0 Å². The first-order chi connectivity index (χ1) is 9.10. The highest BCUT2D eigenvalue weighted by Gasteiger charge is 2.21. The summed E-state index contributed by atoms with van der Waals surface area (Å²) in [7, 11) is 0. The van der Waals surface area contributed by atoms with Gasteiger partial charge >= 0.3 is 0 Å². The van der Waals surface area contributed by atoms with E-state index in [9.17, 15) is 0 Å². The third-order valence-corrected chi connectivity index (χ3v) is 3.83. The first-order valence-corrected chi connectivity index (χ1v) is 7.66. The number of aryl methyl sites for hydroxylation is 3. The normalized spacial score (nSPS) is 16.6. The van der Waals surface area contributed by atoms with E-state index in [0.29, 0.717) is 5.92 Å². The lowest BCUT2D eigenvalue weighted by Gasteiger charge is -2.16. The van der Waals surface area contributed by atoms with Crippen molar-refractivity contribution in [2.75, 3.05) is 6.54 Å².